The molecule has 2 heterocycles. The van der Waals surface area contributed by atoms with Crippen molar-refractivity contribution in [3.63, 3.8) is 0 Å². The largest absolute Gasteiger partial charge is 0.307 e. The van der Waals surface area contributed by atoms with Gasteiger partial charge < -0.3 is 5.32 Å². The van der Waals surface area contributed by atoms with E-state index in [9.17, 15) is 4.79 Å². The van der Waals surface area contributed by atoms with Crippen LogP contribution in [-0.4, -0.2) is 27.2 Å². The molecule has 1 aliphatic heterocycles. The normalized spacial score (nSPS) is 16.4. The van der Waals surface area contributed by atoms with Crippen LogP contribution in [0.5, 0.6) is 0 Å². The molecule has 0 bridgehead atoms. The van der Waals surface area contributed by atoms with Crippen LogP contribution in [0.25, 0.3) is 0 Å². The van der Waals surface area contributed by atoms with Crippen molar-refractivity contribution in [1.29, 1.82) is 0 Å². The van der Waals surface area contributed by atoms with Gasteiger partial charge in [0, 0.05) is 23.1 Å². The molecule has 1 fully saturated rings. The average molecular weight is 348 g/mol. The first kappa shape index (κ1) is 16.5. The number of aromatic nitrogens is 2. The molecule has 122 valence electrons. The summed E-state index contributed by atoms with van der Waals surface area (Å²) >= 11 is 3.94. The molecule has 1 unspecified atom stereocenters. The molecule has 1 amide bonds. The van der Waals surface area contributed by atoms with E-state index in [0.29, 0.717) is 10.1 Å². The number of nitrogens with one attached hydrogen (secondary N) is 1. The summed E-state index contributed by atoms with van der Waals surface area (Å²) in [4.78, 5) is 12.4. The van der Waals surface area contributed by atoms with E-state index in [1.165, 1.54) is 17.1 Å². The molecule has 23 heavy (non-hydrogen) atoms. The number of hydrogen-bond donors (Lipinski definition) is 1. The first-order valence-corrected chi connectivity index (χ1v) is 9.97. The number of amides is 1. The van der Waals surface area contributed by atoms with Gasteiger partial charge in [-0.15, -0.1) is 23.5 Å². The van der Waals surface area contributed by atoms with Crippen molar-refractivity contribution >= 4 is 35.2 Å². The molecule has 1 saturated heterocycles. The van der Waals surface area contributed by atoms with Crippen LogP contribution >= 0.6 is 23.5 Å². The number of hydrogen-bond acceptors (Lipinski definition) is 4. The molecule has 1 N–H and O–H groups in total. The van der Waals surface area contributed by atoms with E-state index in [0.717, 1.165) is 12.2 Å². The third-order valence-electron chi connectivity index (χ3n) is 3.99. The molecule has 6 heteroatoms. The maximum atomic E-state index is 12.4. The Morgan fingerprint density at radius 3 is 2.65 bits per heavy atom. The van der Waals surface area contributed by atoms with Gasteiger partial charge in [-0.3, -0.25) is 4.79 Å². The summed E-state index contributed by atoms with van der Waals surface area (Å²) in [6, 6.07) is 10.1. The lowest BCUT2D eigenvalue weighted by Gasteiger charge is -2.14. The minimum absolute atomic E-state index is 0.0895. The third kappa shape index (κ3) is 3.75. The molecular formula is C17H21N3OS2. The Hall–Kier alpha value is -1.40. The standard InChI is InChI=1S/C17H21N3OS2/c1-3-12(2)20-15(8-9-18-20)19-16(21)13-4-6-14(7-5-13)17-22-10-11-23-17/h4-9,12,17H,3,10-11H2,1-2H3,(H,19,21). The number of thioether (sulfide) groups is 2. The number of anilines is 1. The number of carbonyl (C=O) groups is 1. The topological polar surface area (TPSA) is 46.9 Å². The molecule has 1 aromatic carbocycles. The second kappa shape index (κ2) is 7.45. The van der Waals surface area contributed by atoms with Crippen molar-refractivity contribution in [2.45, 2.75) is 30.9 Å². The maximum Gasteiger partial charge on any atom is 0.256 e. The van der Waals surface area contributed by atoms with E-state index in [1.54, 1.807) is 6.20 Å². The fraction of sp³-hybridized carbons (Fsp3) is 0.412. The zero-order valence-corrected chi connectivity index (χ0v) is 15.0. The van der Waals surface area contributed by atoms with E-state index in [2.05, 4.69) is 36.4 Å². The number of benzene rings is 1. The van der Waals surface area contributed by atoms with E-state index >= 15 is 0 Å². The summed E-state index contributed by atoms with van der Waals surface area (Å²) in [6.45, 7) is 4.20. The zero-order chi connectivity index (χ0) is 16.2. The summed E-state index contributed by atoms with van der Waals surface area (Å²) in [6.07, 6.45) is 2.69. The summed E-state index contributed by atoms with van der Waals surface area (Å²) in [5.74, 6) is 3.07. The van der Waals surface area contributed by atoms with Crippen molar-refractivity contribution in [2.75, 3.05) is 16.8 Å². The second-order valence-corrected chi connectivity index (χ2v) is 8.29. The van der Waals surface area contributed by atoms with E-state index < -0.39 is 0 Å². The molecule has 3 rings (SSSR count). The minimum Gasteiger partial charge on any atom is -0.307 e. The van der Waals surface area contributed by atoms with Gasteiger partial charge in [-0.1, -0.05) is 19.1 Å². The highest BCUT2D eigenvalue weighted by Gasteiger charge is 2.19. The lowest BCUT2D eigenvalue weighted by atomic mass is 10.1. The highest BCUT2D eigenvalue weighted by atomic mass is 32.2. The smallest absolute Gasteiger partial charge is 0.256 e. The summed E-state index contributed by atoms with van der Waals surface area (Å²) in [7, 11) is 0. The van der Waals surface area contributed by atoms with Crippen LogP contribution < -0.4 is 5.32 Å². The Kier molecular flexibility index (Phi) is 5.33. The predicted molar refractivity (Wildman–Crippen MR) is 99.3 cm³/mol. The average Bonchev–Trinajstić information content (AvgIpc) is 3.26. The van der Waals surface area contributed by atoms with Crippen LogP contribution in [0.3, 0.4) is 0 Å². The predicted octanol–water partition coefficient (Wildman–Crippen LogP) is 4.59. The number of carbonyl (C=O) groups excluding carboxylic acids is 1. The molecule has 1 aliphatic rings. The highest BCUT2D eigenvalue weighted by molar-refractivity contribution is 8.19. The fourth-order valence-corrected chi connectivity index (χ4v) is 5.33. The van der Waals surface area contributed by atoms with Crippen molar-refractivity contribution in [3.05, 3.63) is 47.7 Å². The van der Waals surface area contributed by atoms with Crippen LogP contribution in [-0.2, 0) is 0 Å². The second-order valence-electron chi connectivity index (χ2n) is 5.57. The van der Waals surface area contributed by atoms with Gasteiger partial charge in [0.2, 0.25) is 0 Å². The SMILES string of the molecule is CCC(C)n1nccc1NC(=O)c1ccc(C2SCCS2)cc1. The summed E-state index contributed by atoms with van der Waals surface area (Å²) in [5.41, 5.74) is 1.97. The van der Waals surface area contributed by atoms with E-state index in [1.807, 2.05) is 46.4 Å². The quantitative estimate of drug-likeness (QED) is 0.859. The van der Waals surface area contributed by atoms with E-state index in [4.69, 9.17) is 0 Å². The fourth-order valence-electron chi connectivity index (χ4n) is 2.47. The minimum atomic E-state index is -0.0895. The zero-order valence-electron chi connectivity index (χ0n) is 13.4. The van der Waals surface area contributed by atoms with Gasteiger partial charge in [0.25, 0.3) is 5.91 Å². The maximum absolute atomic E-state index is 12.4. The van der Waals surface area contributed by atoms with Crippen LogP contribution in [0.4, 0.5) is 5.82 Å². The van der Waals surface area contributed by atoms with Crippen LogP contribution in [0, 0.1) is 0 Å². The molecule has 2 aromatic rings. The Morgan fingerprint density at radius 2 is 2.00 bits per heavy atom. The Bertz CT molecular complexity index is 663. The van der Waals surface area contributed by atoms with Gasteiger partial charge in [-0.2, -0.15) is 5.10 Å². The van der Waals surface area contributed by atoms with Crippen LogP contribution in [0.15, 0.2) is 36.5 Å². The molecule has 1 aromatic heterocycles. The van der Waals surface area contributed by atoms with Gasteiger partial charge in [0.15, 0.2) is 0 Å². The van der Waals surface area contributed by atoms with Gasteiger partial charge in [0.05, 0.1) is 16.8 Å². The molecule has 1 atom stereocenters. The first-order valence-electron chi connectivity index (χ1n) is 7.87. The summed E-state index contributed by atoms with van der Waals surface area (Å²) < 4.78 is 2.37. The van der Waals surface area contributed by atoms with Crippen LogP contribution in [0.1, 0.15) is 46.8 Å². The third-order valence-corrected chi connectivity index (χ3v) is 7.09. The van der Waals surface area contributed by atoms with Crippen molar-refractivity contribution < 1.29 is 4.79 Å². The van der Waals surface area contributed by atoms with Crippen molar-refractivity contribution in [1.82, 2.24) is 9.78 Å². The monoisotopic (exact) mass is 347 g/mol. The number of nitrogens with zero attached hydrogens (tertiary/aromatic N) is 2. The van der Waals surface area contributed by atoms with Gasteiger partial charge in [-0.05, 0) is 31.0 Å². The lowest BCUT2D eigenvalue weighted by molar-refractivity contribution is 0.102. The molecule has 0 saturated carbocycles. The molecule has 0 radical (unpaired) electrons. The van der Waals surface area contributed by atoms with Crippen molar-refractivity contribution in [3.8, 4) is 0 Å². The first-order chi connectivity index (χ1) is 11.2. The highest BCUT2D eigenvalue weighted by Crippen LogP contribution is 2.45. The Labute approximate surface area is 145 Å². The Balaban J connectivity index is 1.70. The van der Waals surface area contributed by atoms with Gasteiger partial charge in [-0.25, -0.2) is 4.68 Å². The Morgan fingerprint density at radius 1 is 1.30 bits per heavy atom. The summed E-state index contributed by atoms with van der Waals surface area (Å²) in [5, 5.41) is 7.26. The molecular weight excluding hydrogens is 326 g/mol. The molecule has 0 spiro atoms. The number of rotatable bonds is 5. The van der Waals surface area contributed by atoms with Crippen molar-refractivity contribution in [2.24, 2.45) is 0 Å². The van der Waals surface area contributed by atoms with Gasteiger partial charge >= 0.3 is 0 Å². The molecule has 4 nitrogen and oxygen atoms in total. The lowest BCUT2D eigenvalue weighted by Crippen LogP contribution is -2.17. The molecule has 0 aliphatic carbocycles. The van der Waals surface area contributed by atoms with Gasteiger partial charge in [0.1, 0.15) is 5.82 Å². The van der Waals surface area contributed by atoms with Crippen LogP contribution in [0.2, 0.25) is 0 Å². The van der Waals surface area contributed by atoms with E-state index in [-0.39, 0.29) is 11.9 Å².